The van der Waals surface area contributed by atoms with E-state index in [2.05, 4.69) is 15.0 Å². The Morgan fingerprint density at radius 3 is 2.08 bits per heavy atom. The number of anilines is 1. The number of hydrogen-bond donors (Lipinski definition) is 1. The number of carbonyl (C=O) groups is 2. The summed E-state index contributed by atoms with van der Waals surface area (Å²) in [5.41, 5.74) is 6.75. The number of fused-ring (bicyclic) bond motifs is 1. The second kappa shape index (κ2) is 14.7. The number of ether oxygens (including phenoxy) is 5. The van der Waals surface area contributed by atoms with Crippen molar-refractivity contribution in [1.29, 1.82) is 0 Å². The predicted molar refractivity (Wildman–Crippen MR) is 129 cm³/mol. The third kappa shape index (κ3) is 10.1. The number of nitrogens with zero attached hydrogens (tertiary/aromatic N) is 4. The second-order valence-electron chi connectivity index (χ2n) is 7.82. The van der Waals surface area contributed by atoms with E-state index in [0.29, 0.717) is 24.0 Å². The van der Waals surface area contributed by atoms with Crippen LogP contribution in [0.25, 0.3) is 11.2 Å². The summed E-state index contributed by atoms with van der Waals surface area (Å²) in [4.78, 5) is 35.7. The van der Waals surface area contributed by atoms with E-state index in [1.165, 1.54) is 26.5 Å². The Hall–Kier alpha value is -3.00. The van der Waals surface area contributed by atoms with Gasteiger partial charge in [-0.05, 0) is 33.6 Å². The van der Waals surface area contributed by atoms with Crippen molar-refractivity contribution in [2.45, 2.75) is 72.7 Å². The summed E-state index contributed by atoms with van der Waals surface area (Å²) in [6, 6.07) is 0. The molecule has 2 unspecified atom stereocenters. The smallest absolute Gasteiger partial charge is 0.434 e. The van der Waals surface area contributed by atoms with E-state index < -0.39 is 44.9 Å². The van der Waals surface area contributed by atoms with Crippen LogP contribution in [0.1, 0.15) is 47.5 Å². The van der Waals surface area contributed by atoms with Crippen molar-refractivity contribution in [2.75, 3.05) is 25.3 Å². The van der Waals surface area contributed by atoms with Crippen LogP contribution in [0.15, 0.2) is 12.7 Å². The molecular formula is C21H34N5O10P. The lowest BCUT2D eigenvalue weighted by molar-refractivity contribution is -0.0912. The number of aromatic nitrogens is 4. The van der Waals surface area contributed by atoms with Gasteiger partial charge in [-0.25, -0.2) is 24.5 Å². The largest absolute Gasteiger partial charge is 0.510 e. The van der Waals surface area contributed by atoms with Crippen LogP contribution >= 0.6 is 7.60 Å². The quantitative estimate of drug-likeness (QED) is 0.193. The topological polar surface area (TPSA) is 185 Å². The molecule has 15 nitrogen and oxygen atoms in total. The molecule has 2 aromatic rings. The van der Waals surface area contributed by atoms with E-state index in [0.717, 1.165) is 0 Å². The normalized spacial score (nSPS) is 15.4. The van der Waals surface area contributed by atoms with Crippen LogP contribution in [0.4, 0.5) is 15.4 Å². The fraction of sp³-hybridized carbons (Fsp3) is 0.667. The summed E-state index contributed by atoms with van der Waals surface area (Å²) in [5, 5.41) is 0. The zero-order valence-electron chi connectivity index (χ0n) is 21.5. The van der Waals surface area contributed by atoms with Crippen LogP contribution < -0.4 is 5.73 Å². The molecule has 0 radical (unpaired) electrons. The van der Waals surface area contributed by atoms with E-state index in [1.807, 2.05) is 13.8 Å². The number of hydrogen-bond acceptors (Lipinski definition) is 14. The van der Waals surface area contributed by atoms with Crippen LogP contribution in [0.5, 0.6) is 0 Å². The number of nitrogen functional groups attached to an aromatic ring is 1. The van der Waals surface area contributed by atoms with Crippen molar-refractivity contribution in [3.05, 3.63) is 12.7 Å². The van der Waals surface area contributed by atoms with Gasteiger partial charge >= 0.3 is 19.9 Å². The Kier molecular flexibility index (Phi) is 12.0. The molecule has 16 heteroatoms. The zero-order valence-corrected chi connectivity index (χ0v) is 22.4. The summed E-state index contributed by atoms with van der Waals surface area (Å²) in [5.74, 6) is 0.238. The van der Waals surface area contributed by atoms with Crippen molar-refractivity contribution >= 4 is 36.9 Å². The van der Waals surface area contributed by atoms with Crippen molar-refractivity contribution < 1.29 is 46.9 Å². The monoisotopic (exact) mass is 547 g/mol. The molecule has 0 saturated heterocycles. The van der Waals surface area contributed by atoms with Gasteiger partial charge in [0, 0.05) is 0 Å². The van der Waals surface area contributed by atoms with E-state index in [4.69, 9.17) is 38.5 Å². The molecule has 0 bridgehead atoms. The first-order valence-electron chi connectivity index (χ1n) is 11.7. The summed E-state index contributed by atoms with van der Waals surface area (Å²) < 4.78 is 51.3. The zero-order chi connectivity index (χ0) is 27.4. The van der Waals surface area contributed by atoms with Gasteiger partial charge in [-0.1, -0.05) is 13.8 Å². The number of rotatable bonds is 15. The Labute approximate surface area is 214 Å². The Morgan fingerprint density at radius 1 is 0.973 bits per heavy atom. The van der Waals surface area contributed by atoms with E-state index in [9.17, 15) is 14.2 Å². The number of carbonyl (C=O) groups excluding carboxylic acids is 2. The van der Waals surface area contributed by atoms with Crippen LogP contribution in [0, 0.1) is 0 Å². The average molecular weight is 548 g/mol. The molecular weight excluding hydrogens is 513 g/mol. The fourth-order valence-corrected chi connectivity index (χ4v) is 4.47. The molecule has 0 aromatic carbocycles. The van der Waals surface area contributed by atoms with Gasteiger partial charge in [0.15, 0.2) is 11.5 Å². The lowest BCUT2D eigenvalue weighted by Gasteiger charge is -2.25. The summed E-state index contributed by atoms with van der Waals surface area (Å²) in [6.45, 7) is 8.55. The highest BCUT2D eigenvalue weighted by Gasteiger charge is 2.34. The van der Waals surface area contributed by atoms with Crippen LogP contribution in [-0.2, 0) is 43.8 Å². The maximum atomic E-state index is 13.5. The van der Waals surface area contributed by atoms with Crippen molar-refractivity contribution in [3.8, 4) is 0 Å². The lowest BCUT2D eigenvalue weighted by atomic mass is 10.4. The molecule has 0 fully saturated rings. The molecule has 37 heavy (non-hydrogen) atoms. The first kappa shape index (κ1) is 30.2. The molecule has 0 aliphatic carbocycles. The standard InChI is InChI=1S/C21H34N5O10P/c1-6-8-30-20(27)33-15(4)35-37(29,36-16(5)34-21(28)31-9-7-2)13-32-14(3)10-26-12-25-17-18(22)23-11-24-19(17)26/h11-12,14-16H,6-10,13H2,1-5H3,(H2,22,23,24)/t14-,15?,16?,37?/m1/s1. The Bertz CT molecular complexity index is 1030. The Morgan fingerprint density at radius 2 is 1.54 bits per heavy atom. The van der Waals surface area contributed by atoms with Crippen molar-refractivity contribution in [2.24, 2.45) is 0 Å². The molecule has 2 rings (SSSR count). The molecule has 208 valence electrons. The average Bonchev–Trinajstić information content (AvgIpc) is 3.23. The first-order chi connectivity index (χ1) is 17.6. The lowest BCUT2D eigenvalue weighted by Crippen LogP contribution is -2.25. The second-order valence-corrected chi connectivity index (χ2v) is 9.73. The molecule has 0 aliphatic heterocycles. The molecule has 2 heterocycles. The van der Waals surface area contributed by atoms with E-state index in [-0.39, 0.29) is 25.6 Å². The van der Waals surface area contributed by atoms with E-state index in [1.54, 1.807) is 11.5 Å². The first-order valence-corrected chi connectivity index (χ1v) is 13.4. The molecule has 2 N–H and O–H groups in total. The van der Waals surface area contributed by atoms with Gasteiger partial charge in [-0.3, -0.25) is 13.6 Å². The summed E-state index contributed by atoms with van der Waals surface area (Å²) in [7, 11) is -4.15. The number of imidazole rings is 1. The maximum absolute atomic E-state index is 13.5. The minimum atomic E-state index is -4.15. The van der Waals surface area contributed by atoms with Crippen LogP contribution in [-0.4, -0.2) is 70.1 Å². The van der Waals surface area contributed by atoms with Gasteiger partial charge < -0.3 is 34.0 Å². The van der Waals surface area contributed by atoms with Gasteiger partial charge in [0.2, 0.25) is 12.6 Å². The fourth-order valence-electron chi connectivity index (χ4n) is 2.87. The van der Waals surface area contributed by atoms with Gasteiger partial charge in [-0.15, -0.1) is 0 Å². The summed E-state index contributed by atoms with van der Waals surface area (Å²) in [6.07, 6.45) is -1.74. The molecule has 3 atom stereocenters. The van der Waals surface area contributed by atoms with Crippen molar-refractivity contribution in [3.63, 3.8) is 0 Å². The highest BCUT2D eigenvalue weighted by atomic mass is 31.2. The minimum absolute atomic E-state index is 0.143. The van der Waals surface area contributed by atoms with Gasteiger partial charge in [0.25, 0.3) is 0 Å². The maximum Gasteiger partial charge on any atom is 0.510 e. The molecule has 0 saturated carbocycles. The Balaban J connectivity index is 2.05. The number of nitrogens with two attached hydrogens (primary N) is 1. The van der Waals surface area contributed by atoms with Gasteiger partial charge in [0.1, 0.15) is 18.2 Å². The van der Waals surface area contributed by atoms with Gasteiger partial charge in [0.05, 0.1) is 32.2 Å². The molecule has 0 amide bonds. The van der Waals surface area contributed by atoms with Crippen molar-refractivity contribution in [1.82, 2.24) is 19.5 Å². The third-order valence-electron chi connectivity index (χ3n) is 4.39. The molecule has 0 spiro atoms. The summed E-state index contributed by atoms with van der Waals surface area (Å²) >= 11 is 0. The van der Waals surface area contributed by atoms with Crippen LogP contribution in [0.3, 0.4) is 0 Å². The predicted octanol–water partition coefficient (Wildman–Crippen LogP) is 3.82. The highest BCUT2D eigenvalue weighted by molar-refractivity contribution is 7.53. The van der Waals surface area contributed by atoms with Crippen LogP contribution in [0.2, 0.25) is 0 Å². The van der Waals surface area contributed by atoms with E-state index >= 15 is 0 Å². The minimum Gasteiger partial charge on any atom is -0.434 e. The molecule has 0 aliphatic rings. The molecule has 2 aromatic heterocycles. The SMILES string of the molecule is CCCOC(=O)OC(C)OP(=O)(CO[C@H](C)Cn1cnc2c(N)ncnc21)OC(C)OC(=O)OCCC. The highest BCUT2D eigenvalue weighted by Crippen LogP contribution is 2.51. The van der Waals surface area contributed by atoms with Gasteiger partial charge in [-0.2, -0.15) is 0 Å². The third-order valence-corrected chi connectivity index (χ3v) is 6.09.